The van der Waals surface area contributed by atoms with Crippen molar-refractivity contribution in [2.75, 3.05) is 0 Å². The molecule has 0 fully saturated rings. The van der Waals surface area contributed by atoms with Crippen LogP contribution in [-0.4, -0.2) is 12.2 Å². The molecule has 0 unspecified atom stereocenters. The molecular formula is C6H2N2O3. The third-order valence-corrected chi connectivity index (χ3v) is 0.954. The van der Waals surface area contributed by atoms with Crippen molar-refractivity contribution in [3.63, 3.8) is 0 Å². The van der Waals surface area contributed by atoms with Gasteiger partial charge in [-0.1, -0.05) is 0 Å². The summed E-state index contributed by atoms with van der Waals surface area (Å²) in [7, 11) is 0. The Morgan fingerprint density at radius 2 is 1.55 bits per heavy atom. The first kappa shape index (κ1) is 7.15. The first-order valence-corrected chi connectivity index (χ1v) is 2.60. The van der Waals surface area contributed by atoms with Gasteiger partial charge in [-0.2, -0.15) is 9.98 Å². The van der Waals surface area contributed by atoms with Gasteiger partial charge in [-0.15, -0.1) is 0 Å². The lowest BCUT2D eigenvalue weighted by atomic mass is 10.5. The van der Waals surface area contributed by atoms with Crippen LogP contribution in [0.25, 0.3) is 0 Å². The van der Waals surface area contributed by atoms with E-state index in [1.807, 2.05) is 0 Å². The lowest BCUT2D eigenvalue weighted by molar-refractivity contribution is 0.561. The van der Waals surface area contributed by atoms with E-state index in [9.17, 15) is 9.59 Å². The summed E-state index contributed by atoms with van der Waals surface area (Å²) in [6.45, 7) is 0. The number of hydrogen-bond acceptors (Lipinski definition) is 5. The summed E-state index contributed by atoms with van der Waals surface area (Å²) in [5.74, 6) is 0. The van der Waals surface area contributed by atoms with Gasteiger partial charge in [0.2, 0.25) is 12.2 Å². The minimum Gasteiger partial charge on any atom is -0.468 e. The van der Waals surface area contributed by atoms with E-state index < -0.39 is 0 Å². The monoisotopic (exact) mass is 150 g/mol. The van der Waals surface area contributed by atoms with Crippen LogP contribution < -0.4 is 0 Å². The Hall–Kier alpha value is -1.96. The third kappa shape index (κ3) is 1.49. The molecule has 5 heteroatoms. The van der Waals surface area contributed by atoms with Crippen LogP contribution in [0, 0.1) is 0 Å². The summed E-state index contributed by atoms with van der Waals surface area (Å²) in [5.41, 5.74) is 0.340. The molecular weight excluding hydrogens is 148 g/mol. The molecule has 0 saturated carbocycles. The van der Waals surface area contributed by atoms with Crippen LogP contribution >= 0.6 is 0 Å². The van der Waals surface area contributed by atoms with Gasteiger partial charge in [0.1, 0.15) is 23.9 Å². The minimum atomic E-state index is 0.170. The summed E-state index contributed by atoms with van der Waals surface area (Å²) in [4.78, 5) is 25.9. The highest BCUT2D eigenvalue weighted by atomic mass is 16.3. The smallest absolute Gasteiger partial charge is 0.240 e. The molecule has 11 heavy (non-hydrogen) atoms. The molecule has 0 radical (unpaired) electrons. The molecule has 1 rings (SSSR count). The van der Waals surface area contributed by atoms with Crippen molar-refractivity contribution < 1.29 is 14.0 Å². The zero-order chi connectivity index (χ0) is 8.10. The SMILES string of the molecule is O=C=Nc1cocc1N=C=O. The van der Waals surface area contributed by atoms with Gasteiger partial charge in [0, 0.05) is 0 Å². The normalized spacial score (nSPS) is 8.00. The highest BCUT2D eigenvalue weighted by Gasteiger charge is 2.00. The van der Waals surface area contributed by atoms with Gasteiger partial charge in [0.05, 0.1) is 0 Å². The Morgan fingerprint density at radius 1 is 1.09 bits per heavy atom. The second-order valence-corrected chi connectivity index (χ2v) is 1.55. The lowest BCUT2D eigenvalue weighted by Gasteiger charge is -1.78. The van der Waals surface area contributed by atoms with Gasteiger partial charge in [-0.05, 0) is 0 Å². The van der Waals surface area contributed by atoms with Crippen LogP contribution in [0.1, 0.15) is 0 Å². The fourth-order valence-electron chi connectivity index (χ4n) is 0.549. The molecule has 1 aromatic heterocycles. The molecule has 0 spiro atoms. The van der Waals surface area contributed by atoms with Crippen molar-refractivity contribution >= 4 is 23.5 Å². The molecule has 0 aliphatic heterocycles. The Balaban J connectivity index is 3.14. The number of furan rings is 1. The Morgan fingerprint density at radius 3 is 1.91 bits per heavy atom. The maximum absolute atomic E-state index is 9.76. The zero-order valence-electron chi connectivity index (χ0n) is 5.27. The van der Waals surface area contributed by atoms with Gasteiger partial charge >= 0.3 is 0 Å². The van der Waals surface area contributed by atoms with E-state index in [1.54, 1.807) is 0 Å². The van der Waals surface area contributed by atoms with Crippen molar-refractivity contribution in [2.45, 2.75) is 0 Å². The molecule has 0 aliphatic carbocycles. The Labute approximate surface area is 61.1 Å². The van der Waals surface area contributed by atoms with E-state index in [0.717, 1.165) is 0 Å². The van der Waals surface area contributed by atoms with Crippen molar-refractivity contribution in [3.8, 4) is 0 Å². The highest BCUT2D eigenvalue weighted by molar-refractivity contribution is 5.65. The van der Waals surface area contributed by atoms with Gasteiger partial charge < -0.3 is 4.42 Å². The average Bonchev–Trinajstić information content (AvgIpc) is 2.39. The standard InChI is InChI=1S/C6H2N2O3/c9-3-7-5-1-11-2-6(5)8-4-10/h1-2H. The molecule has 0 bridgehead atoms. The Kier molecular flexibility index (Phi) is 2.13. The van der Waals surface area contributed by atoms with Crippen LogP contribution in [0.4, 0.5) is 11.4 Å². The molecule has 5 nitrogen and oxygen atoms in total. The fraction of sp³-hybridized carbons (Fsp3) is 0. The van der Waals surface area contributed by atoms with E-state index >= 15 is 0 Å². The molecule has 0 aromatic carbocycles. The summed E-state index contributed by atoms with van der Waals surface area (Å²) in [6, 6.07) is 0. The van der Waals surface area contributed by atoms with Gasteiger partial charge in [-0.25, -0.2) is 9.59 Å². The lowest BCUT2D eigenvalue weighted by Crippen LogP contribution is -1.56. The molecule has 54 valence electrons. The van der Waals surface area contributed by atoms with E-state index in [-0.39, 0.29) is 11.4 Å². The predicted molar refractivity (Wildman–Crippen MR) is 34.3 cm³/mol. The quantitative estimate of drug-likeness (QED) is 0.469. The van der Waals surface area contributed by atoms with Crippen LogP contribution in [0.15, 0.2) is 26.9 Å². The molecule has 1 aromatic rings. The topological polar surface area (TPSA) is 72.0 Å². The molecule has 0 amide bonds. The number of rotatable bonds is 2. The molecule has 1 heterocycles. The van der Waals surface area contributed by atoms with Crippen LogP contribution in [-0.2, 0) is 9.59 Å². The Bertz CT molecular complexity index is 310. The van der Waals surface area contributed by atoms with Gasteiger partial charge in [0.15, 0.2) is 0 Å². The third-order valence-electron chi connectivity index (χ3n) is 0.954. The van der Waals surface area contributed by atoms with Crippen LogP contribution in [0.5, 0.6) is 0 Å². The number of nitrogens with zero attached hydrogens (tertiary/aromatic N) is 2. The summed E-state index contributed by atoms with van der Waals surface area (Å²) >= 11 is 0. The average molecular weight is 150 g/mol. The summed E-state index contributed by atoms with van der Waals surface area (Å²) in [6.07, 6.45) is 4.95. The largest absolute Gasteiger partial charge is 0.468 e. The minimum absolute atomic E-state index is 0.170. The first-order chi connectivity index (χ1) is 5.38. The first-order valence-electron chi connectivity index (χ1n) is 2.60. The number of isocyanates is 2. The maximum atomic E-state index is 9.76. The predicted octanol–water partition coefficient (Wildman–Crippen LogP) is 1.21. The fourth-order valence-corrected chi connectivity index (χ4v) is 0.549. The number of hydrogen-bond donors (Lipinski definition) is 0. The molecule has 0 N–H and O–H groups in total. The van der Waals surface area contributed by atoms with Crippen LogP contribution in [0.2, 0.25) is 0 Å². The van der Waals surface area contributed by atoms with Crippen molar-refractivity contribution in [2.24, 2.45) is 9.98 Å². The molecule has 0 saturated heterocycles. The van der Waals surface area contributed by atoms with E-state index in [1.165, 1.54) is 24.7 Å². The second-order valence-electron chi connectivity index (χ2n) is 1.55. The summed E-state index contributed by atoms with van der Waals surface area (Å²) in [5, 5.41) is 0. The highest BCUT2D eigenvalue weighted by Crippen LogP contribution is 2.27. The summed E-state index contributed by atoms with van der Waals surface area (Å²) < 4.78 is 4.61. The number of carbonyl (C=O) groups excluding carboxylic acids is 2. The molecule has 0 aliphatic rings. The van der Waals surface area contributed by atoms with Crippen molar-refractivity contribution in [3.05, 3.63) is 12.5 Å². The van der Waals surface area contributed by atoms with E-state index in [0.29, 0.717) is 0 Å². The maximum Gasteiger partial charge on any atom is 0.240 e. The van der Waals surface area contributed by atoms with E-state index in [4.69, 9.17) is 0 Å². The van der Waals surface area contributed by atoms with E-state index in [2.05, 4.69) is 14.4 Å². The zero-order valence-corrected chi connectivity index (χ0v) is 5.27. The van der Waals surface area contributed by atoms with Gasteiger partial charge in [-0.3, -0.25) is 0 Å². The van der Waals surface area contributed by atoms with Crippen LogP contribution in [0.3, 0.4) is 0 Å². The molecule has 0 atom stereocenters. The van der Waals surface area contributed by atoms with Crippen molar-refractivity contribution in [1.29, 1.82) is 0 Å². The van der Waals surface area contributed by atoms with Crippen molar-refractivity contribution in [1.82, 2.24) is 0 Å². The number of aliphatic imine (C=N–C) groups is 2. The van der Waals surface area contributed by atoms with Gasteiger partial charge in [0.25, 0.3) is 0 Å². The second kappa shape index (κ2) is 3.27.